The summed E-state index contributed by atoms with van der Waals surface area (Å²) in [6, 6.07) is -1.20. The molecule has 1 aliphatic rings. The van der Waals surface area contributed by atoms with Crippen LogP contribution in [0.3, 0.4) is 0 Å². The first-order chi connectivity index (χ1) is 40.2. The fourth-order valence-corrected chi connectivity index (χ4v) is 11.5. The SMILES string of the molecule is CCCCCCCCCCCCCC/C=C\CCCCCCCCCC(O)C(=O)NC(COC1OC(CO)C(O)C(O)C1O)C(O)C(O)CCC/C=C/CC/C=C/CCCCCCCCCCCCCCCCCCCCCCCCC. The van der Waals surface area contributed by atoms with E-state index in [-0.39, 0.29) is 12.8 Å². The lowest BCUT2D eigenvalue weighted by atomic mass is 9.98. The molecule has 0 aromatic heterocycles. The van der Waals surface area contributed by atoms with E-state index < -0.39 is 74.2 Å². The van der Waals surface area contributed by atoms with Gasteiger partial charge in [0.1, 0.15) is 36.6 Å². The molecule has 82 heavy (non-hydrogen) atoms. The number of unbranched alkanes of at least 4 members (excludes halogenated alkanes) is 44. The summed E-state index contributed by atoms with van der Waals surface area (Å²) in [6.45, 7) is 3.49. The molecule has 1 fully saturated rings. The predicted molar refractivity (Wildman–Crippen MR) is 344 cm³/mol. The second-order valence-electron chi connectivity index (χ2n) is 24.9. The van der Waals surface area contributed by atoms with E-state index >= 15 is 0 Å². The summed E-state index contributed by atoms with van der Waals surface area (Å²) in [7, 11) is 0. The van der Waals surface area contributed by atoms with Crippen molar-refractivity contribution in [3.8, 4) is 0 Å². The lowest BCUT2D eigenvalue weighted by Crippen LogP contribution is -2.60. The number of hydrogen-bond acceptors (Lipinski definition) is 10. The van der Waals surface area contributed by atoms with E-state index in [0.717, 1.165) is 44.9 Å². The van der Waals surface area contributed by atoms with Gasteiger partial charge in [0.05, 0.1) is 25.4 Å². The Balaban J connectivity index is 2.22. The van der Waals surface area contributed by atoms with E-state index in [1.54, 1.807) is 0 Å². The highest BCUT2D eigenvalue weighted by atomic mass is 16.7. The van der Waals surface area contributed by atoms with Crippen LogP contribution in [0.15, 0.2) is 36.5 Å². The number of hydrogen-bond donors (Lipinski definition) is 8. The van der Waals surface area contributed by atoms with Gasteiger partial charge in [-0.15, -0.1) is 0 Å². The summed E-state index contributed by atoms with van der Waals surface area (Å²) in [6.07, 6.45) is 65.2. The van der Waals surface area contributed by atoms with Crippen molar-refractivity contribution in [2.45, 2.75) is 396 Å². The average Bonchev–Trinajstić information content (AvgIpc) is 3.53. The lowest BCUT2D eigenvalue weighted by Gasteiger charge is -2.40. The predicted octanol–water partition coefficient (Wildman–Crippen LogP) is 17.0. The fourth-order valence-electron chi connectivity index (χ4n) is 11.5. The molecule has 484 valence electrons. The van der Waals surface area contributed by atoms with Crippen molar-refractivity contribution in [1.82, 2.24) is 5.32 Å². The fraction of sp³-hybridized carbons (Fsp3) is 0.901. The van der Waals surface area contributed by atoms with Gasteiger partial charge in [-0.1, -0.05) is 301 Å². The van der Waals surface area contributed by atoms with Crippen LogP contribution in [-0.2, 0) is 14.3 Å². The van der Waals surface area contributed by atoms with Gasteiger partial charge in [-0.3, -0.25) is 4.79 Å². The monoisotopic (exact) mass is 1160 g/mol. The summed E-state index contributed by atoms with van der Waals surface area (Å²) in [5.41, 5.74) is 0. The maximum atomic E-state index is 13.2. The first-order valence-corrected chi connectivity index (χ1v) is 35.4. The van der Waals surface area contributed by atoms with E-state index in [1.807, 2.05) is 0 Å². The van der Waals surface area contributed by atoms with Gasteiger partial charge in [0, 0.05) is 0 Å². The highest BCUT2D eigenvalue weighted by molar-refractivity contribution is 5.80. The molecule has 1 amide bonds. The topological polar surface area (TPSA) is 189 Å². The molecule has 0 aromatic carbocycles. The summed E-state index contributed by atoms with van der Waals surface area (Å²) in [5, 5.41) is 76.4. The molecule has 11 heteroatoms. The number of amides is 1. The number of ether oxygens (including phenoxy) is 2. The third-order valence-electron chi connectivity index (χ3n) is 17.1. The van der Waals surface area contributed by atoms with Gasteiger partial charge < -0.3 is 50.5 Å². The van der Waals surface area contributed by atoms with E-state index in [0.29, 0.717) is 19.3 Å². The van der Waals surface area contributed by atoms with Gasteiger partial charge in [-0.2, -0.15) is 0 Å². The van der Waals surface area contributed by atoms with Crippen LogP contribution in [-0.4, -0.2) is 110 Å². The van der Waals surface area contributed by atoms with Crippen molar-refractivity contribution in [3.05, 3.63) is 36.5 Å². The summed E-state index contributed by atoms with van der Waals surface area (Å²) in [4.78, 5) is 13.2. The molecule has 1 aliphatic heterocycles. The zero-order valence-electron chi connectivity index (χ0n) is 53.5. The van der Waals surface area contributed by atoms with Crippen LogP contribution < -0.4 is 5.32 Å². The second kappa shape index (κ2) is 59.7. The number of aliphatic hydroxyl groups excluding tert-OH is 7. The van der Waals surface area contributed by atoms with Crippen molar-refractivity contribution in [2.75, 3.05) is 13.2 Å². The molecule has 9 atom stereocenters. The van der Waals surface area contributed by atoms with Crippen LogP contribution in [0.4, 0.5) is 0 Å². The highest BCUT2D eigenvalue weighted by Gasteiger charge is 2.44. The second-order valence-corrected chi connectivity index (χ2v) is 24.9. The van der Waals surface area contributed by atoms with Gasteiger partial charge in [0.2, 0.25) is 5.91 Å². The maximum absolute atomic E-state index is 13.2. The minimum Gasteiger partial charge on any atom is -0.394 e. The van der Waals surface area contributed by atoms with E-state index in [9.17, 15) is 40.5 Å². The molecule has 0 aromatic rings. The van der Waals surface area contributed by atoms with Crippen LogP contribution in [0, 0.1) is 0 Å². The Morgan fingerprint density at radius 1 is 0.415 bits per heavy atom. The Kier molecular flexibility index (Phi) is 57.0. The van der Waals surface area contributed by atoms with Crippen molar-refractivity contribution >= 4 is 5.91 Å². The molecule has 1 heterocycles. The van der Waals surface area contributed by atoms with Gasteiger partial charge >= 0.3 is 0 Å². The Hall–Kier alpha value is -1.67. The molecule has 8 N–H and O–H groups in total. The molecule has 0 radical (unpaired) electrons. The number of nitrogens with one attached hydrogen (secondary N) is 1. The molecule has 11 nitrogen and oxygen atoms in total. The van der Waals surface area contributed by atoms with Crippen molar-refractivity contribution in [1.29, 1.82) is 0 Å². The highest BCUT2D eigenvalue weighted by Crippen LogP contribution is 2.24. The summed E-state index contributed by atoms with van der Waals surface area (Å²) >= 11 is 0. The third-order valence-corrected chi connectivity index (χ3v) is 17.1. The number of rotatable bonds is 62. The number of carbonyl (C=O) groups excluding carboxylic acids is 1. The molecule has 0 aliphatic carbocycles. The van der Waals surface area contributed by atoms with Crippen LogP contribution >= 0.6 is 0 Å². The van der Waals surface area contributed by atoms with Crippen molar-refractivity contribution in [2.24, 2.45) is 0 Å². The van der Waals surface area contributed by atoms with Crippen LogP contribution in [0.1, 0.15) is 341 Å². The smallest absolute Gasteiger partial charge is 0.249 e. The van der Waals surface area contributed by atoms with Crippen LogP contribution in [0.5, 0.6) is 0 Å². The van der Waals surface area contributed by atoms with Crippen LogP contribution in [0.25, 0.3) is 0 Å². The molecule has 1 rings (SSSR count). The standard InChI is InChI=1S/C71H135NO10/c1-3-5-7-9-11-13-15-17-19-21-23-25-27-28-29-30-31-32-33-34-35-37-38-40-42-44-46-48-50-52-54-56-58-63(74)66(76)62(61-81-71-69(79)68(78)67(77)65(60-73)82-71)72-70(80)64(75)59-57-55-53-51-49-47-45-43-41-39-36-26-24-22-20-18-16-14-12-10-8-6-4-2/h39,41-42,44,50,52,62-69,71,73-79H,3-38,40,43,45-49,51,53-61H2,1-2H3,(H,72,80)/b41-39-,44-42+,52-50+. The molecular weight excluding hydrogens is 1030 g/mol. The first-order valence-electron chi connectivity index (χ1n) is 35.4. The summed E-state index contributed by atoms with van der Waals surface area (Å²) < 4.78 is 11.2. The van der Waals surface area contributed by atoms with Gasteiger partial charge in [0.25, 0.3) is 0 Å². The van der Waals surface area contributed by atoms with E-state index in [4.69, 9.17) is 9.47 Å². The van der Waals surface area contributed by atoms with Crippen LogP contribution in [0.2, 0.25) is 0 Å². The largest absolute Gasteiger partial charge is 0.394 e. The Morgan fingerprint density at radius 2 is 0.732 bits per heavy atom. The molecule has 0 saturated carbocycles. The van der Waals surface area contributed by atoms with Gasteiger partial charge in [0.15, 0.2) is 6.29 Å². The zero-order valence-corrected chi connectivity index (χ0v) is 53.5. The maximum Gasteiger partial charge on any atom is 0.249 e. The average molecular weight is 1160 g/mol. The Labute approximate surface area is 505 Å². The third kappa shape index (κ3) is 46.5. The van der Waals surface area contributed by atoms with Gasteiger partial charge in [-0.25, -0.2) is 0 Å². The number of carbonyl (C=O) groups is 1. The molecule has 9 unspecified atom stereocenters. The summed E-state index contributed by atoms with van der Waals surface area (Å²) in [5.74, 6) is -0.710. The number of aliphatic hydroxyl groups is 7. The Morgan fingerprint density at radius 3 is 1.09 bits per heavy atom. The van der Waals surface area contributed by atoms with E-state index in [2.05, 4.69) is 55.6 Å². The minimum atomic E-state index is -1.67. The molecule has 0 bridgehead atoms. The zero-order chi connectivity index (χ0) is 59.6. The quantitative estimate of drug-likeness (QED) is 0.0215. The van der Waals surface area contributed by atoms with Gasteiger partial charge in [-0.05, 0) is 77.0 Å². The number of allylic oxidation sites excluding steroid dienone is 6. The Bertz CT molecular complexity index is 1430. The lowest BCUT2D eigenvalue weighted by molar-refractivity contribution is -0.303. The molecule has 0 spiro atoms. The molecule has 1 saturated heterocycles. The van der Waals surface area contributed by atoms with E-state index in [1.165, 1.54) is 250 Å². The van der Waals surface area contributed by atoms with Crippen molar-refractivity contribution in [3.63, 3.8) is 0 Å². The minimum absolute atomic E-state index is 0.246. The normalized spacial score (nSPS) is 19.3. The molecular formula is C71H135NO10. The first kappa shape index (κ1) is 78.3. The van der Waals surface area contributed by atoms with Crippen molar-refractivity contribution < 1.29 is 50.0 Å².